The molecule has 130 valence electrons. The van der Waals surface area contributed by atoms with Crippen molar-refractivity contribution in [1.82, 2.24) is 4.98 Å². The molecular formula is C17H12ClF3N2O2. The minimum atomic E-state index is -4.42. The summed E-state index contributed by atoms with van der Waals surface area (Å²) in [6.07, 6.45) is -3.01. The number of nitrogens with one attached hydrogen (secondary N) is 1. The Morgan fingerprint density at radius 3 is 2.32 bits per heavy atom. The zero-order valence-corrected chi connectivity index (χ0v) is 13.4. The van der Waals surface area contributed by atoms with Crippen LogP contribution in [0.1, 0.15) is 15.9 Å². The van der Waals surface area contributed by atoms with Crippen LogP contribution in [0, 0.1) is 0 Å². The van der Waals surface area contributed by atoms with Crippen molar-refractivity contribution < 1.29 is 23.1 Å². The van der Waals surface area contributed by atoms with Gasteiger partial charge < -0.3 is 10.4 Å². The molecule has 3 aromatic rings. The molecule has 1 aromatic heterocycles. The smallest absolute Gasteiger partial charge is 0.416 e. The Morgan fingerprint density at radius 2 is 1.72 bits per heavy atom. The van der Waals surface area contributed by atoms with Crippen LogP contribution in [0.5, 0.6) is 0 Å². The van der Waals surface area contributed by atoms with Crippen LogP contribution in [0.3, 0.4) is 0 Å². The van der Waals surface area contributed by atoms with E-state index in [9.17, 15) is 18.0 Å². The van der Waals surface area contributed by atoms with Crippen molar-refractivity contribution in [2.75, 3.05) is 5.32 Å². The van der Waals surface area contributed by atoms with Crippen molar-refractivity contribution in [3.8, 4) is 0 Å². The molecular weight excluding hydrogens is 357 g/mol. The number of halogens is 4. The molecule has 4 nitrogen and oxygen atoms in total. The third kappa shape index (κ3) is 4.00. The first-order valence-corrected chi connectivity index (χ1v) is 6.91. The first kappa shape index (κ1) is 18.5. The largest absolute Gasteiger partial charge is 0.478 e. The molecule has 0 aliphatic carbocycles. The average molecular weight is 369 g/mol. The molecule has 0 spiro atoms. The second kappa shape index (κ2) is 6.98. The summed E-state index contributed by atoms with van der Waals surface area (Å²) in [6.45, 7) is 0. The van der Waals surface area contributed by atoms with E-state index >= 15 is 0 Å². The van der Waals surface area contributed by atoms with Gasteiger partial charge in [0.1, 0.15) is 0 Å². The maximum Gasteiger partial charge on any atom is 0.416 e. The fourth-order valence-corrected chi connectivity index (χ4v) is 2.29. The molecule has 25 heavy (non-hydrogen) atoms. The zero-order chi connectivity index (χ0) is 17.3. The highest BCUT2D eigenvalue weighted by molar-refractivity contribution is 5.93. The summed E-state index contributed by atoms with van der Waals surface area (Å²) in [5.41, 5.74) is 0.807. The SMILES string of the molecule is Cl.O=C(O)c1ccc(Nc2ccnc3cc(C(F)(F)F)ccc23)cc1. The lowest BCUT2D eigenvalue weighted by atomic mass is 10.1. The van der Waals surface area contributed by atoms with Gasteiger partial charge in [-0.05, 0) is 42.5 Å². The highest BCUT2D eigenvalue weighted by atomic mass is 35.5. The number of nitrogens with zero attached hydrogens (tertiary/aromatic N) is 1. The van der Waals surface area contributed by atoms with Gasteiger partial charge in [-0.1, -0.05) is 6.07 Å². The summed E-state index contributed by atoms with van der Waals surface area (Å²) in [6, 6.07) is 11.0. The van der Waals surface area contributed by atoms with Gasteiger partial charge in [-0.2, -0.15) is 13.2 Å². The molecule has 8 heteroatoms. The molecule has 0 atom stereocenters. The Bertz CT molecular complexity index is 912. The van der Waals surface area contributed by atoms with E-state index in [0.29, 0.717) is 16.8 Å². The first-order valence-electron chi connectivity index (χ1n) is 6.91. The summed E-state index contributed by atoms with van der Waals surface area (Å²) in [5, 5.41) is 12.5. The predicted molar refractivity (Wildman–Crippen MR) is 90.7 cm³/mol. The number of rotatable bonds is 3. The van der Waals surface area contributed by atoms with Crippen LogP contribution < -0.4 is 5.32 Å². The highest BCUT2D eigenvalue weighted by Crippen LogP contribution is 2.33. The lowest BCUT2D eigenvalue weighted by Crippen LogP contribution is -2.04. The molecule has 0 aliphatic rings. The maximum atomic E-state index is 12.8. The van der Waals surface area contributed by atoms with E-state index in [0.717, 1.165) is 12.1 Å². The van der Waals surface area contributed by atoms with Gasteiger partial charge in [-0.15, -0.1) is 12.4 Å². The number of carbonyl (C=O) groups is 1. The van der Waals surface area contributed by atoms with Crippen LogP contribution in [0.15, 0.2) is 54.7 Å². The lowest BCUT2D eigenvalue weighted by Gasteiger charge is -2.12. The van der Waals surface area contributed by atoms with Gasteiger partial charge in [-0.25, -0.2) is 4.79 Å². The standard InChI is InChI=1S/C17H11F3N2O2.ClH/c18-17(19,20)11-3-6-13-14(7-8-21-15(13)9-11)22-12-4-1-10(2-5-12)16(23)24;/h1-9H,(H,21,22)(H,23,24);1H. The van der Waals surface area contributed by atoms with Crippen molar-refractivity contribution >= 4 is 40.7 Å². The van der Waals surface area contributed by atoms with Crippen molar-refractivity contribution in [2.24, 2.45) is 0 Å². The van der Waals surface area contributed by atoms with Gasteiger partial charge in [0.15, 0.2) is 0 Å². The van der Waals surface area contributed by atoms with Gasteiger partial charge in [0.05, 0.1) is 16.6 Å². The van der Waals surface area contributed by atoms with E-state index in [1.807, 2.05) is 0 Å². The van der Waals surface area contributed by atoms with Crippen LogP contribution in [0.4, 0.5) is 24.5 Å². The Morgan fingerprint density at radius 1 is 1.04 bits per heavy atom. The molecule has 2 N–H and O–H groups in total. The number of aromatic carboxylic acids is 1. The molecule has 0 aliphatic heterocycles. The summed E-state index contributed by atoms with van der Waals surface area (Å²) >= 11 is 0. The number of fused-ring (bicyclic) bond motifs is 1. The van der Waals surface area contributed by atoms with E-state index in [-0.39, 0.29) is 23.5 Å². The Kier molecular flexibility index (Phi) is 5.18. The molecule has 2 aromatic carbocycles. The minimum Gasteiger partial charge on any atom is -0.478 e. The second-order valence-corrected chi connectivity index (χ2v) is 5.10. The number of hydrogen-bond donors (Lipinski definition) is 2. The minimum absolute atomic E-state index is 0. The normalized spacial score (nSPS) is 11.0. The summed E-state index contributed by atoms with van der Waals surface area (Å²) < 4.78 is 38.3. The van der Waals surface area contributed by atoms with E-state index in [1.54, 1.807) is 18.2 Å². The number of carboxylic acids is 1. The third-order valence-corrected chi connectivity index (χ3v) is 3.48. The lowest BCUT2D eigenvalue weighted by molar-refractivity contribution is -0.137. The summed E-state index contributed by atoms with van der Waals surface area (Å²) in [5.74, 6) is -1.03. The molecule has 0 unspecified atom stereocenters. The van der Waals surface area contributed by atoms with Gasteiger partial charge in [0.25, 0.3) is 0 Å². The Labute approximate surface area is 146 Å². The fraction of sp³-hybridized carbons (Fsp3) is 0.0588. The fourth-order valence-electron chi connectivity index (χ4n) is 2.29. The Hall–Kier alpha value is -2.80. The van der Waals surface area contributed by atoms with Crippen LogP contribution in [0.25, 0.3) is 10.9 Å². The molecule has 3 rings (SSSR count). The van der Waals surface area contributed by atoms with Crippen LogP contribution in [0.2, 0.25) is 0 Å². The van der Waals surface area contributed by atoms with Gasteiger partial charge in [0, 0.05) is 23.0 Å². The summed E-state index contributed by atoms with van der Waals surface area (Å²) in [4.78, 5) is 14.8. The van der Waals surface area contributed by atoms with E-state index in [4.69, 9.17) is 5.11 Å². The van der Waals surface area contributed by atoms with E-state index in [1.165, 1.54) is 24.4 Å². The van der Waals surface area contributed by atoms with E-state index in [2.05, 4.69) is 10.3 Å². The topological polar surface area (TPSA) is 62.2 Å². The number of anilines is 2. The number of aromatic nitrogens is 1. The van der Waals surface area contributed by atoms with Gasteiger partial charge in [-0.3, -0.25) is 4.98 Å². The van der Waals surface area contributed by atoms with Crippen LogP contribution in [-0.4, -0.2) is 16.1 Å². The molecule has 0 amide bonds. The highest BCUT2D eigenvalue weighted by Gasteiger charge is 2.30. The van der Waals surface area contributed by atoms with Crippen LogP contribution in [-0.2, 0) is 6.18 Å². The number of carboxylic acid groups (broad SMARTS) is 1. The first-order chi connectivity index (χ1) is 11.3. The maximum absolute atomic E-state index is 12.8. The van der Waals surface area contributed by atoms with Crippen LogP contribution >= 0.6 is 12.4 Å². The van der Waals surface area contributed by atoms with Gasteiger partial charge in [0.2, 0.25) is 0 Å². The van der Waals surface area contributed by atoms with E-state index < -0.39 is 17.7 Å². The quantitative estimate of drug-likeness (QED) is 0.673. The predicted octanol–water partition coefficient (Wildman–Crippen LogP) is 5.12. The second-order valence-electron chi connectivity index (χ2n) is 5.10. The Balaban J connectivity index is 0.00000225. The number of pyridine rings is 1. The van der Waals surface area contributed by atoms with Crippen molar-refractivity contribution in [3.05, 3.63) is 65.9 Å². The molecule has 0 fully saturated rings. The molecule has 0 saturated heterocycles. The van der Waals surface area contributed by atoms with Crippen molar-refractivity contribution in [3.63, 3.8) is 0 Å². The summed E-state index contributed by atoms with van der Waals surface area (Å²) in [7, 11) is 0. The molecule has 0 bridgehead atoms. The third-order valence-electron chi connectivity index (χ3n) is 3.48. The number of benzene rings is 2. The monoisotopic (exact) mass is 368 g/mol. The van der Waals surface area contributed by atoms with Crippen molar-refractivity contribution in [2.45, 2.75) is 6.18 Å². The molecule has 0 radical (unpaired) electrons. The van der Waals surface area contributed by atoms with Crippen molar-refractivity contribution in [1.29, 1.82) is 0 Å². The molecule has 1 heterocycles. The van der Waals surface area contributed by atoms with Gasteiger partial charge >= 0.3 is 12.1 Å². The average Bonchev–Trinajstić information content (AvgIpc) is 2.54. The number of alkyl halides is 3. The molecule has 0 saturated carbocycles. The number of hydrogen-bond acceptors (Lipinski definition) is 3. The zero-order valence-electron chi connectivity index (χ0n) is 12.5.